The molecule has 86 valence electrons. The molecule has 0 atom stereocenters. The Balaban J connectivity index is 2.48. The summed E-state index contributed by atoms with van der Waals surface area (Å²) < 4.78 is 0. The maximum Gasteiger partial charge on any atom is 0.354 e. The smallest absolute Gasteiger partial charge is 0.354 e. The molecule has 0 aliphatic heterocycles. The van der Waals surface area contributed by atoms with E-state index in [4.69, 9.17) is 10.8 Å². The van der Waals surface area contributed by atoms with Gasteiger partial charge in [0.05, 0.1) is 11.8 Å². The summed E-state index contributed by atoms with van der Waals surface area (Å²) in [7, 11) is 0. The fourth-order valence-electron chi connectivity index (χ4n) is 1.47. The number of nitrogens with one attached hydrogen (secondary N) is 1. The van der Waals surface area contributed by atoms with Crippen LogP contribution >= 0.6 is 0 Å². The van der Waals surface area contributed by atoms with Crippen LogP contribution in [0.4, 0.5) is 5.69 Å². The van der Waals surface area contributed by atoms with Crippen LogP contribution in [0, 0.1) is 0 Å². The van der Waals surface area contributed by atoms with Crippen LogP contribution in [0.15, 0.2) is 30.5 Å². The fourth-order valence-corrected chi connectivity index (χ4v) is 1.47. The molecule has 0 amide bonds. The summed E-state index contributed by atoms with van der Waals surface area (Å²) in [5.74, 6) is -1.70. The Morgan fingerprint density at radius 3 is 2.59 bits per heavy atom. The normalized spacial score (nSPS) is 10.1. The highest BCUT2D eigenvalue weighted by Gasteiger charge is 2.21. The van der Waals surface area contributed by atoms with Gasteiger partial charge in [0.2, 0.25) is 0 Å². The molecule has 0 fully saturated rings. The zero-order chi connectivity index (χ0) is 12.4. The van der Waals surface area contributed by atoms with Gasteiger partial charge >= 0.3 is 5.97 Å². The minimum Gasteiger partial charge on any atom is -0.477 e. The Morgan fingerprint density at radius 2 is 1.94 bits per heavy atom. The number of aromatic nitrogens is 2. The maximum atomic E-state index is 12.1. The predicted molar refractivity (Wildman–Crippen MR) is 59.8 cm³/mol. The molecule has 17 heavy (non-hydrogen) atoms. The molecule has 6 nitrogen and oxygen atoms in total. The number of benzene rings is 1. The van der Waals surface area contributed by atoms with Gasteiger partial charge in [0.1, 0.15) is 0 Å². The summed E-state index contributed by atoms with van der Waals surface area (Å²) in [6, 6.07) is 6.47. The van der Waals surface area contributed by atoms with Crippen LogP contribution in [0.5, 0.6) is 0 Å². The third-order valence-corrected chi connectivity index (χ3v) is 2.30. The van der Waals surface area contributed by atoms with Gasteiger partial charge in [0.25, 0.3) is 0 Å². The van der Waals surface area contributed by atoms with E-state index in [0.29, 0.717) is 5.69 Å². The topological polar surface area (TPSA) is 109 Å². The van der Waals surface area contributed by atoms with Gasteiger partial charge in [-0.2, -0.15) is 5.10 Å². The first-order valence-corrected chi connectivity index (χ1v) is 4.77. The third-order valence-electron chi connectivity index (χ3n) is 2.30. The largest absolute Gasteiger partial charge is 0.477 e. The minimum absolute atomic E-state index is 0.00426. The first kappa shape index (κ1) is 10.9. The third kappa shape index (κ3) is 1.87. The van der Waals surface area contributed by atoms with Crippen molar-refractivity contribution in [3.05, 3.63) is 47.3 Å². The SMILES string of the molecule is Nc1ccccc1C(=O)c1cn[nH]c1C(=O)O. The van der Waals surface area contributed by atoms with E-state index in [-0.39, 0.29) is 16.8 Å². The van der Waals surface area contributed by atoms with Gasteiger partial charge in [-0.05, 0) is 12.1 Å². The first-order chi connectivity index (χ1) is 8.11. The van der Waals surface area contributed by atoms with E-state index in [2.05, 4.69) is 10.2 Å². The summed E-state index contributed by atoms with van der Waals surface area (Å²) in [5.41, 5.74) is 5.97. The number of hydrogen-bond donors (Lipinski definition) is 3. The van der Waals surface area contributed by atoms with Crippen molar-refractivity contribution in [1.82, 2.24) is 10.2 Å². The number of aromatic carboxylic acids is 1. The average molecular weight is 231 g/mol. The number of carboxylic acid groups (broad SMARTS) is 1. The lowest BCUT2D eigenvalue weighted by atomic mass is 10.0. The van der Waals surface area contributed by atoms with E-state index < -0.39 is 11.8 Å². The van der Waals surface area contributed by atoms with Crippen LogP contribution in [-0.2, 0) is 0 Å². The number of nitrogens with two attached hydrogens (primary N) is 1. The van der Waals surface area contributed by atoms with Gasteiger partial charge in [-0.3, -0.25) is 9.89 Å². The molecule has 0 saturated carbocycles. The van der Waals surface area contributed by atoms with Gasteiger partial charge < -0.3 is 10.8 Å². The molecule has 0 aliphatic rings. The number of nitrogen functional groups attached to an aromatic ring is 1. The second-order valence-electron chi connectivity index (χ2n) is 3.38. The number of carboxylic acids is 1. The molecule has 2 rings (SSSR count). The molecular weight excluding hydrogens is 222 g/mol. The van der Waals surface area contributed by atoms with Gasteiger partial charge in [0, 0.05) is 11.3 Å². The highest BCUT2D eigenvalue weighted by molar-refractivity contribution is 6.15. The highest BCUT2D eigenvalue weighted by atomic mass is 16.4. The number of hydrogen-bond acceptors (Lipinski definition) is 4. The summed E-state index contributed by atoms with van der Waals surface area (Å²) in [5, 5.41) is 14.7. The molecular formula is C11H9N3O3. The van der Waals surface area contributed by atoms with E-state index in [9.17, 15) is 9.59 Å². The van der Waals surface area contributed by atoms with Crippen molar-refractivity contribution >= 4 is 17.4 Å². The van der Waals surface area contributed by atoms with Crippen molar-refractivity contribution in [1.29, 1.82) is 0 Å². The lowest BCUT2D eigenvalue weighted by Gasteiger charge is -2.02. The van der Waals surface area contributed by atoms with Gasteiger partial charge in [-0.15, -0.1) is 0 Å². The Kier molecular flexibility index (Phi) is 2.61. The molecule has 0 bridgehead atoms. The lowest BCUT2D eigenvalue weighted by molar-refractivity contribution is 0.0686. The Morgan fingerprint density at radius 1 is 1.24 bits per heavy atom. The van der Waals surface area contributed by atoms with Crippen molar-refractivity contribution in [3.8, 4) is 0 Å². The van der Waals surface area contributed by atoms with Crippen molar-refractivity contribution in [2.45, 2.75) is 0 Å². The van der Waals surface area contributed by atoms with E-state index in [1.54, 1.807) is 18.2 Å². The highest BCUT2D eigenvalue weighted by Crippen LogP contribution is 2.17. The summed E-state index contributed by atoms with van der Waals surface area (Å²) in [4.78, 5) is 22.9. The molecule has 0 radical (unpaired) electrons. The van der Waals surface area contributed by atoms with Crippen molar-refractivity contribution in [2.75, 3.05) is 5.73 Å². The Labute approximate surface area is 96.1 Å². The second kappa shape index (κ2) is 4.09. The zero-order valence-corrected chi connectivity index (χ0v) is 8.68. The summed E-state index contributed by atoms with van der Waals surface area (Å²) >= 11 is 0. The van der Waals surface area contributed by atoms with E-state index in [0.717, 1.165) is 0 Å². The molecule has 2 aromatic rings. The maximum absolute atomic E-state index is 12.1. The molecule has 1 aromatic carbocycles. The number of carbonyl (C=O) groups excluding carboxylic acids is 1. The molecule has 1 heterocycles. The zero-order valence-electron chi connectivity index (χ0n) is 8.68. The molecule has 1 aromatic heterocycles. The standard InChI is InChI=1S/C11H9N3O3/c12-8-4-2-1-3-6(8)10(15)7-5-13-14-9(7)11(16)17/h1-5H,12H2,(H,13,14)(H,16,17). The predicted octanol–water partition coefficient (Wildman–Crippen LogP) is 0.921. The average Bonchev–Trinajstić information content (AvgIpc) is 2.77. The number of nitrogens with zero attached hydrogens (tertiary/aromatic N) is 1. The molecule has 0 aliphatic carbocycles. The van der Waals surface area contributed by atoms with Crippen LogP contribution in [0.25, 0.3) is 0 Å². The van der Waals surface area contributed by atoms with Crippen molar-refractivity contribution in [3.63, 3.8) is 0 Å². The number of carbonyl (C=O) groups is 2. The second-order valence-corrected chi connectivity index (χ2v) is 3.38. The number of anilines is 1. The molecule has 4 N–H and O–H groups in total. The lowest BCUT2D eigenvalue weighted by Crippen LogP contribution is -2.10. The minimum atomic E-state index is -1.24. The quantitative estimate of drug-likeness (QED) is 0.537. The van der Waals surface area contributed by atoms with Crippen LogP contribution in [-0.4, -0.2) is 27.1 Å². The molecule has 0 spiro atoms. The number of H-pyrrole nitrogens is 1. The number of para-hydroxylation sites is 1. The van der Waals surface area contributed by atoms with Gasteiger partial charge in [-0.25, -0.2) is 4.79 Å². The van der Waals surface area contributed by atoms with Gasteiger partial charge in [0.15, 0.2) is 11.5 Å². The molecule has 0 saturated heterocycles. The summed E-state index contributed by atoms with van der Waals surface area (Å²) in [6.07, 6.45) is 1.18. The number of aromatic amines is 1. The first-order valence-electron chi connectivity index (χ1n) is 4.77. The summed E-state index contributed by atoms with van der Waals surface area (Å²) in [6.45, 7) is 0. The van der Waals surface area contributed by atoms with E-state index >= 15 is 0 Å². The van der Waals surface area contributed by atoms with Crippen LogP contribution < -0.4 is 5.73 Å². The van der Waals surface area contributed by atoms with Crippen molar-refractivity contribution < 1.29 is 14.7 Å². The monoisotopic (exact) mass is 231 g/mol. The van der Waals surface area contributed by atoms with Crippen LogP contribution in [0.3, 0.4) is 0 Å². The van der Waals surface area contributed by atoms with E-state index in [1.165, 1.54) is 12.3 Å². The van der Waals surface area contributed by atoms with Crippen LogP contribution in [0.2, 0.25) is 0 Å². The van der Waals surface area contributed by atoms with E-state index in [1.807, 2.05) is 0 Å². The molecule has 0 unspecified atom stereocenters. The van der Waals surface area contributed by atoms with Gasteiger partial charge in [-0.1, -0.05) is 12.1 Å². The Hall–Kier alpha value is -2.63. The number of rotatable bonds is 3. The Bertz CT molecular complexity index is 589. The van der Waals surface area contributed by atoms with Crippen LogP contribution in [0.1, 0.15) is 26.4 Å². The van der Waals surface area contributed by atoms with Crippen molar-refractivity contribution in [2.24, 2.45) is 0 Å². The fraction of sp³-hybridized carbons (Fsp3) is 0. The number of ketones is 1. The molecule has 6 heteroatoms.